The molecule has 0 rings (SSSR count). The van der Waals surface area contributed by atoms with Gasteiger partial charge in [-0.1, -0.05) is 13.8 Å². The van der Waals surface area contributed by atoms with Crippen molar-refractivity contribution in [2.45, 2.75) is 43.8 Å². The smallest absolute Gasteiger partial charge is 0.0583 e. The van der Waals surface area contributed by atoms with Crippen molar-refractivity contribution in [1.82, 2.24) is 0 Å². The van der Waals surface area contributed by atoms with E-state index in [0.29, 0.717) is 23.7 Å². The first-order valence-corrected chi connectivity index (χ1v) is 6.11. The van der Waals surface area contributed by atoms with Crippen LogP contribution in [0.3, 0.4) is 0 Å². The predicted molar refractivity (Wildman–Crippen MR) is 67.7 cm³/mol. The Morgan fingerprint density at radius 2 is 1.57 bits per heavy atom. The van der Waals surface area contributed by atoms with E-state index in [2.05, 4.69) is 32.2 Å². The highest BCUT2D eigenvalue weighted by Crippen LogP contribution is 2.02. The van der Waals surface area contributed by atoms with Crippen LogP contribution in [-0.4, -0.2) is 36.4 Å². The fraction of sp³-hybridized carbons (Fsp3) is 1.00. The van der Waals surface area contributed by atoms with Crippen molar-refractivity contribution < 1.29 is 9.47 Å². The molecule has 3 unspecified atom stereocenters. The Morgan fingerprint density at radius 1 is 1.00 bits per heavy atom. The zero-order valence-corrected chi connectivity index (χ0v) is 11.1. The molecule has 0 aliphatic heterocycles. The van der Waals surface area contributed by atoms with Crippen LogP contribution in [0.2, 0.25) is 0 Å². The average Bonchev–Trinajstić information content (AvgIpc) is 2.08. The summed E-state index contributed by atoms with van der Waals surface area (Å²) in [6, 6.07) is 0. The minimum absolute atomic E-state index is 0.250. The second-order valence-electron chi connectivity index (χ2n) is 3.71. The first kappa shape index (κ1) is 14.6. The van der Waals surface area contributed by atoms with Crippen LogP contribution in [0.5, 0.6) is 0 Å². The molecule has 0 saturated carbocycles. The summed E-state index contributed by atoms with van der Waals surface area (Å²) in [6.07, 6.45) is 1.18. The summed E-state index contributed by atoms with van der Waals surface area (Å²) in [7, 11) is 0. The third kappa shape index (κ3) is 10.7. The number of thiol groups is 2. The molecule has 0 saturated heterocycles. The Bertz CT molecular complexity index is 129. The highest BCUT2D eigenvalue weighted by Gasteiger charge is 2.04. The summed E-state index contributed by atoms with van der Waals surface area (Å²) < 4.78 is 10.9. The number of hydrogen-bond acceptors (Lipinski definition) is 4. The van der Waals surface area contributed by atoms with Crippen LogP contribution < -0.4 is 0 Å². The van der Waals surface area contributed by atoms with Crippen LogP contribution in [0.4, 0.5) is 0 Å². The Morgan fingerprint density at radius 3 is 2.07 bits per heavy atom. The minimum Gasteiger partial charge on any atom is -0.380 e. The molecule has 0 amide bonds. The lowest BCUT2D eigenvalue weighted by molar-refractivity contribution is 0.0344. The monoisotopic (exact) mass is 238 g/mol. The highest BCUT2D eigenvalue weighted by atomic mass is 32.1. The van der Waals surface area contributed by atoms with Gasteiger partial charge in [0.25, 0.3) is 0 Å². The third-order valence-corrected chi connectivity index (χ3v) is 1.95. The molecule has 4 heteroatoms. The standard InChI is InChI=1S/C10H22O2S2/c1-8(12-7-10(3)14)4-5-11-6-9(2)13/h8-10,13-14H,4-7H2,1-3H3. The minimum atomic E-state index is 0.250. The normalized spacial score (nSPS) is 17.8. The van der Waals surface area contributed by atoms with Gasteiger partial charge in [-0.15, -0.1) is 0 Å². The molecule has 0 fully saturated rings. The van der Waals surface area contributed by atoms with Gasteiger partial charge in [0, 0.05) is 17.1 Å². The van der Waals surface area contributed by atoms with Gasteiger partial charge < -0.3 is 9.47 Å². The Balaban J connectivity index is 3.22. The molecule has 0 aliphatic rings. The van der Waals surface area contributed by atoms with E-state index in [1.54, 1.807) is 0 Å². The Kier molecular flexibility index (Phi) is 9.28. The molecule has 2 nitrogen and oxygen atoms in total. The van der Waals surface area contributed by atoms with Crippen molar-refractivity contribution in [3.8, 4) is 0 Å². The van der Waals surface area contributed by atoms with E-state index in [1.165, 1.54) is 0 Å². The molecule has 14 heavy (non-hydrogen) atoms. The van der Waals surface area contributed by atoms with Gasteiger partial charge in [-0.2, -0.15) is 25.3 Å². The molecule has 0 spiro atoms. The first-order valence-electron chi connectivity index (χ1n) is 5.07. The van der Waals surface area contributed by atoms with Gasteiger partial charge in [-0.25, -0.2) is 0 Å². The SMILES string of the molecule is CC(S)COCCC(C)OCC(C)S. The van der Waals surface area contributed by atoms with Gasteiger partial charge >= 0.3 is 0 Å². The molecule has 0 aromatic heterocycles. The summed E-state index contributed by atoms with van der Waals surface area (Å²) in [6.45, 7) is 8.25. The summed E-state index contributed by atoms with van der Waals surface area (Å²) in [4.78, 5) is 0. The largest absolute Gasteiger partial charge is 0.380 e. The molecule has 3 atom stereocenters. The maximum atomic E-state index is 5.53. The summed E-state index contributed by atoms with van der Waals surface area (Å²) in [5, 5.41) is 0.611. The Labute approximate surface area is 98.6 Å². The van der Waals surface area contributed by atoms with Crippen LogP contribution in [0.25, 0.3) is 0 Å². The second-order valence-corrected chi connectivity index (χ2v) is 5.47. The molecule has 0 N–H and O–H groups in total. The molecular weight excluding hydrogens is 216 g/mol. The van der Waals surface area contributed by atoms with E-state index in [1.807, 2.05) is 13.8 Å². The summed E-state index contributed by atoms with van der Waals surface area (Å²) in [5.74, 6) is 0. The van der Waals surface area contributed by atoms with E-state index >= 15 is 0 Å². The van der Waals surface area contributed by atoms with E-state index in [4.69, 9.17) is 9.47 Å². The van der Waals surface area contributed by atoms with Gasteiger partial charge in [-0.05, 0) is 13.3 Å². The van der Waals surface area contributed by atoms with Crippen molar-refractivity contribution >= 4 is 25.3 Å². The van der Waals surface area contributed by atoms with E-state index in [0.717, 1.165) is 13.0 Å². The highest BCUT2D eigenvalue weighted by molar-refractivity contribution is 7.81. The lowest BCUT2D eigenvalue weighted by Gasteiger charge is -2.14. The molecule has 86 valence electrons. The van der Waals surface area contributed by atoms with Gasteiger partial charge in [0.1, 0.15) is 0 Å². The lowest BCUT2D eigenvalue weighted by atomic mass is 10.3. The summed E-state index contributed by atoms with van der Waals surface area (Å²) >= 11 is 8.47. The zero-order valence-electron chi connectivity index (χ0n) is 9.27. The van der Waals surface area contributed by atoms with Crippen molar-refractivity contribution in [3.63, 3.8) is 0 Å². The van der Waals surface area contributed by atoms with Gasteiger partial charge in [0.15, 0.2) is 0 Å². The molecule has 0 aliphatic carbocycles. The lowest BCUT2D eigenvalue weighted by Crippen LogP contribution is -2.17. The molecule has 0 radical (unpaired) electrons. The summed E-state index contributed by atoms with van der Waals surface area (Å²) in [5.41, 5.74) is 0. The quantitative estimate of drug-likeness (QED) is 0.500. The van der Waals surface area contributed by atoms with Crippen LogP contribution in [0, 0.1) is 0 Å². The first-order chi connectivity index (χ1) is 6.52. The van der Waals surface area contributed by atoms with Crippen LogP contribution in [-0.2, 0) is 9.47 Å². The van der Waals surface area contributed by atoms with Crippen LogP contribution in [0.1, 0.15) is 27.2 Å². The van der Waals surface area contributed by atoms with Gasteiger partial charge in [0.05, 0.1) is 19.3 Å². The van der Waals surface area contributed by atoms with Crippen LogP contribution in [0.15, 0.2) is 0 Å². The van der Waals surface area contributed by atoms with E-state index in [9.17, 15) is 0 Å². The second kappa shape index (κ2) is 8.89. The maximum Gasteiger partial charge on any atom is 0.0583 e. The molecule has 0 bridgehead atoms. The van der Waals surface area contributed by atoms with Crippen molar-refractivity contribution in [3.05, 3.63) is 0 Å². The van der Waals surface area contributed by atoms with Gasteiger partial charge in [-0.3, -0.25) is 0 Å². The molecule has 0 aromatic rings. The zero-order chi connectivity index (χ0) is 11.0. The maximum absolute atomic E-state index is 5.53. The van der Waals surface area contributed by atoms with Gasteiger partial charge in [0.2, 0.25) is 0 Å². The Hall–Kier alpha value is 0.620. The average molecular weight is 238 g/mol. The predicted octanol–water partition coefficient (Wildman–Crippen LogP) is 2.43. The van der Waals surface area contributed by atoms with E-state index in [-0.39, 0.29) is 6.10 Å². The number of rotatable bonds is 8. The van der Waals surface area contributed by atoms with E-state index < -0.39 is 0 Å². The fourth-order valence-corrected chi connectivity index (χ4v) is 1.08. The molecule has 0 aromatic carbocycles. The van der Waals surface area contributed by atoms with Crippen molar-refractivity contribution in [2.75, 3.05) is 19.8 Å². The topological polar surface area (TPSA) is 18.5 Å². The molecular formula is C10H22O2S2. The fourth-order valence-electron chi connectivity index (χ4n) is 0.890. The van der Waals surface area contributed by atoms with Crippen molar-refractivity contribution in [2.24, 2.45) is 0 Å². The molecule has 0 heterocycles. The number of ether oxygens (including phenoxy) is 2. The van der Waals surface area contributed by atoms with Crippen LogP contribution >= 0.6 is 25.3 Å². The third-order valence-electron chi connectivity index (χ3n) is 1.65. The number of hydrogen-bond donors (Lipinski definition) is 2. The van der Waals surface area contributed by atoms with Crippen molar-refractivity contribution in [1.29, 1.82) is 0 Å².